The standard InChI is InChI=1S/C22H17NO/c24-23-21(14-16-8-2-1-3-9-16)22-19-12-6-4-10-17(19)15-18-11-5-7-13-20(18)22/h1-13,15,21H,14H2. The molecule has 0 heterocycles. The minimum atomic E-state index is -0.400. The van der Waals surface area contributed by atoms with Crippen LogP contribution < -0.4 is 0 Å². The summed E-state index contributed by atoms with van der Waals surface area (Å²) < 4.78 is 0. The van der Waals surface area contributed by atoms with Crippen molar-refractivity contribution in [3.8, 4) is 0 Å². The highest BCUT2D eigenvalue weighted by molar-refractivity contribution is 6.02. The summed E-state index contributed by atoms with van der Waals surface area (Å²) in [6, 6.07) is 28.3. The Labute approximate surface area is 140 Å². The lowest BCUT2D eigenvalue weighted by Gasteiger charge is -2.16. The van der Waals surface area contributed by atoms with E-state index < -0.39 is 6.04 Å². The zero-order valence-corrected chi connectivity index (χ0v) is 13.2. The molecule has 0 saturated carbocycles. The molecule has 1 atom stereocenters. The first-order valence-corrected chi connectivity index (χ1v) is 8.13. The topological polar surface area (TPSA) is 29.4 Å². The van der Waals surface area contributed by atoms with Gasteiger partial charge in [0.05, 0.1) is 0 Å². The summed E-state index contributed by atoms with van der Waals surface area (Å²) in [5.41, 5.74) is 2.15. The molecule has 1 unspecified atom stereocenters. The second kappa shape index (κ2) is 6.25. The summed E-state index contributed by atoms with van der Waals surface area (Å²) >= 11 is 0. The molecule has 0 N–H and O–H groups in total. The van der Waals surface area contributed by atoms with Crippen molar-refractivity contribution in [1.29, 1.82) is 0 Å². The van der Waals surface area contributed by atoms with Crippen molar-refractivity contribution in [3.05, 3.63) is 101 Å². The van der Waals surface area contributed by atoms with Gasteiger partial charge >= 0.3 is 0 Å². The molecule has 0 aromatic heterocycles. The molecule has 2 nitrogen and oxygen atoms in total. The first-order chi connectivity index (χ1) is 11.9. The van der Waals surface area contributed by atoms with Crippen molar-refractivity contribution in [2.45, 2.75) is 12.5 Å². The summed E-state index contributed by atoms with van der Waals surface area (Å²) in [6.45, 7) is 0. The molecule has 0 saturated heterocycles. The molecular formula is C22H17NO. The third kappa shape index (κ3) is 2.56. The molecule has 0 aliphatic rings. The van der Waals surface area contributed by atoms with Crippen LogP contribution >= 0.6 is 0 Å². The molecule has 0 fully saturated rings. The van der Waals surface area contributed by atoms with E-state index in [1.54, 1.807) is 0 Å². The van der Waals surface area contributed by atoms with E-state index in [1.165, 1.54) is 0 Å². The monoisotopic (exact) mass is 311 g/mol. The van der Waals surface area contributed by atoms with Crippen molar-refractivity contribution in [1.82, 2.24) is 0 Å². The van der Waals surface area contributed by atoms with Crippen LogP contribution in [0.2, 0.25) is 0 Å². The summed E-state index contributed by atoms with van der Waals surface area (Å²) in [6.07, 6.45) is 0.613. The predicted octanol–water partition coefficient (Wildman–Crippen LogP) is 6.04. The van der Waals surface area contributed by atoms with Crippen molar-refractivity contribution in [2.24, 2.45) is 5.18 Å². The zero-order valence-electron chi connectivity index (χ0n) is 13.2. The second-order valence-electron chi connectivity index (χ2n) is 6.04. The van der Waals surface area contributed by atoms with Crippen LogP contribution in [0.5, 0.6) is 0 Å². The third-order valence-corrected chi connectivity index (χ3v) is 4.55. The van der Waals surface area contributed by atoms with Gasteiger partial charge in [0.1, 0.15) is 6.04 Å². The van der Waals surface area contributed by atoms with Crippen LogP contribution in [0.3, 0.4) is 0 Å². The van der Waals surface area contributed by atoms with Crippen molar-refractivity contribution in [2.75, 3.05) is 0 Å². The van der Waals surface area contributed by atoms with Gasteiger partial charge in [-0.25, -0.2) is 0 Å². The summed E-state index contributed by atoms with van der Waals surface area (Å²) in [4.78, 5) is 11.7. The van der Waals surface area contributed by atoms with Crippen LogP contribution in [-0.2, 0) is 6.42 Å². The molecule has 0 radical (unpaired) electrons. The van der Waals surface area contributed by atoms with Crippen LogP contribution in [0.15, 0.2) is 90.1 Å². The Kier molecular flexibility index (Phi) is 3.80. The highest BCUT2D eigenvalue weighted by Gasteiger charge is 2.19. The van der Waals surface area contributed by atoms with Gasteiger partial charge in [-0.1, -0.05) is 84.0 Å². The molecule has 0 spiro atoms. The number of rotatable bonds is 4. The fourth-order valence-electron chi connectivity index (χ4n) is 3.44. The summed E-state index contributed by atoms with van der Waals surface area (Å²) in [5.74, 6) is 0. The minimum absolute atomic E-state index is 0.400. The van der Waals surface area contributed by atoms with Gasteiger partial charge in [0.25, 0.3) is 0 Å². The summed E-state index contributed by atoms with van der Waals surface area (Å²) in [7, 11) is 0. The normalized spacial score (nSPS) is 12.3. The largest absolute Gasteiger partial charge is 0.150 e. The Balaban J connectivity index is 1.96. The van der Waals surface area contributed by atoms with Crippen molar-refractivity contribution < 1.29 is 0 Å². The smallest absolute Gasteiger partial charge is 0.122 e. The van der Waals surface area contributed by atoms with E-state index in [1.807, 2.05) is 54.6 Å². The van der Waals surface area contributed by atoms with Gasteiger partial charge in [-0.2, -0.15) is 4.91 Å². The lowest BCUT2D eigenvalue weighted by atomic mass is 9.90. The Morgan fingerprint density at radius 3 is 1.83 bits per heavy atom. The van der Waals surface area contributed by atoms with E-state index in [0.717, 1.165) is 32.7 Å². The highest BCUT2D eigenvalue weighted by Crippen LogP contribution is 2.36. The molecule has 4 aromatic carbocycles. The van der Waals surface area contributed by atoms with E-state index in [-0.39, 0.29) is 0 Å². The summed E-state index contributed by atoms with van der Waals surface area (Å²) in [5, 5.41) is 8.01. The van der Waals surface area contributed by atoms with Crippen LogP contribution in [0.1, 0.15) is 17.2 Å². The maximum atomic E-state index is 11.7. The van der Waals surface area contributed by atoms with Crippen LogP contribution in [-0.4, -0.2) is 0 Å². The molecule has 2 heteroatoms. The quantitative estimate of drug-likeness (QED) is 0.333. The molecule has 0 aliphatic heterocycles. The number of hydrogen-bond acceptors (Lipinski definition) is 2. The van der Waals surface area contributed by atoms with E-state index in [2.05, 4.69) is 35.5 Å². The average molecular weight is 311 g/mol. The van der Waals surface area contributed by atoms with Gasteiger partial charge in [0, 0.05) is 6.42 Å². The number of nitrogens with zero attached hydrogens (tertiary/aromatic N) is 1. The maximum Gasteiger partial charge on any atom is 0.122 e. The first-order valence-electron chi connectivity index (χ1n) is 8.13. The highest BCUT2D eigenvalue weighted by atomic mass is 16.3. The molecule has 0 amide bonds. The fraction of sp³-hybridized carbons (Fsp3) is 0.0909. The van der Waals surface area contributed by atoms with Gasteiger partial charge in [0.2, 0.25) is 0 Å². The molecule has 24 heavy (non-hydrogen) atoms. The number of fused-ring (bicyclic) bond motifs is 2. The number of nitroso groups, excluding NO2 is 1. The zero-order chi connectivity index (χ0) is 16.4. The van der Waals surface area contributed by atoms with E-state index in [0.29, 0.717) is 6.42 Å². The molecule has 0 bridgehead atoms. The molecule has 116 valence electrons. The predicted molar refractivity (Wildman–Crippen MR) is 100 cm³/mol. The number of benzene rings is 4. The van der Waals surface area contributed by atoms with Gasteiger partial charge in [-0.05, 0) is 38.7 Å². The van der Waals surface area contributed by atoms with Gasteiger partial charge < -0.3 is 0 Å². The van der Waals surface area contributed by atoms with E-state index in [4.69, 9.17) is 0 Å². The minimum Gasteiger partial charge on any atom is -0.150 e. The average Bonchev–Trinajstić information content (AvgIpc) is 2.65. The van der Waals surface area contributed by atoms with Crippen molar-refractivity contribution >= 4 is 21.5 Å². The van der Waals surface area contributed by atoms with Crippen LogP contribution in [0, 0.1) is 4.91 Å². The molecule has 4 rings (SSSR count). The van der Waals surface area contributed by atoms with Gasteiger partial charge in [-0.15, -0.1) is 0 Å². The SMILES string of the molecule is O=NC(Cc1ccccc1)c1c2ccccc2cc2ccccc12. The Hall–Kier alpha value is -3.00. The second-order valence-corrected chi connectivity index (χ2v) is 6.04. The van der Waals surface area contributed by atoms with Crippen molar-refractivity contribution in [3.63, 3.8) is 0 Å². The first kappa shape index (κ1) is 14.6. The lowest BCUT2D eigenvalue weighted by molar-refractivity contribution is 0.729. The third-order valence-electron chi connectivity index (χ3n) is 4.55. The number of hydrogen-bond donors (Lipinski definition) is 0. The molecule has 4 aromatic rings. The van der Waals surface area contributed by atoms with Gasteiger partial charge in [0.15, 0.2) is 0 Å². The van der Waals surface area contributed by atoms with Gasteiger partial charge in [-0.3, -0.25) is 0 Å². The fourth-order valence-corrected chi connectivity index (χ4v) is 3.44. The Bertz CT molecular complexity index is 954. The maximum absolute atomic E-state index is 11.7. The van der Waals surface area contributed by atoms with Crippen LogP contribution in [0.25, 0.3) is 21.5 Å². The molecule has 0 aliphatic carbocycles. The molecular weight excluding hydrogens is 294 g/mol. The Morgan fingerprint density at radius 2 is 1.25 bits per heavy atom. The van der Waals surface area contributed by atoms with E-state index in [9.17, 15) is 4.91 Å². The lowest BCUT2D eigenvalue weighted by Crippen LogP contribution is -2.02. The van der Waals surface area contributed by atoms with E-state index >= 15 is 0 Å². The van der Waals surface area contributed by atoms with Crippen LogP contribution in [0.4, 0.5) is 0 Å². The Morgan fingerprint density at radius 1 is 0.708 bits per heavy atom.